The minimum atomic E-state index is -1.24. The van der Waals surface area contributed by atoms with E-state index >= 15 is 0 Å². The van der Waals surface area contributed by atoms with Crippen LogP contribution < -0.4 is 17.2 Å². The van der Waals surface area contributed by atoms with Gasteiger partial charge in [0.25, 0.3) is 0 Å². The van der Waals surface area contributed by atoms with Gasteiger partial charge in [0.15, 0.2) is 12.0 Å². The zero-order chi connectivity index (χ0) is 13.7. The number of guanidine groups is 2. The van der Waals surface area contributed by atoms with Gasteiger partial charge in [-0.2, -0.15) is 4.99 Å². The number of carboxylic acids is 1. The second-order valence-electron chi connectivity index (χ2n) is 3.36. The summed E-state index contributed by atoms with van der Waals surface area (Å²) in [7, 11) is 0. The van der Waals surface area contributed by atoms with Gasteiger partial charge in [-0.05, 0) is 17.7 Å². The van der Waals surface area contributed by atoms with Gasteiger partial charge in [0.05, 0.1) is 0 Å². The number of aliphatic imine (C=N–C) groups is 2. The summed E-state index contributed by atoms with van der Waals surface area (Å²) in [6.07, 6.45) is 0. The number of nitrogens with zero attached hydrogens (tertiary/aromatic N) is 2. The monoisotopic (exact) mass is 251 g/mol. The van der Waals surface area contributed by atoms with Crippen molar-refractivity contribution in [2.75, 3.05) is 0 Å². The van der Waals surface area contributed by atoms with Crippen LogP contribution in [-0.2, 0) is 4.79 Å². The molecule has 8 N–H and O–H groups in total. The van der Waals surface area contributed by atoms with Gasteiger partial charge < -0.3 is 27.4 Å². The number of phenolic OH excluding ortho intramolecular Hbond substituents is 1. The summed E-state index contributed by atoms with van der Waals surface area (Å²) in [4.78, 5) is 18.2. The number of carboxylic acid groups (broad SMARTS) is 1. The molecule has 0 saturated heterocycles. The van der Waals surface area contributed by atoms with Crippen LogP contribution in [0.2, 0.25) is 0 Å². The molecule has 8 nitrogen and oxygen atoms in total. The van der Waals surface area contributed by atoms with Crippen LogP contribution in [0.4, 0.5) is 0 Å². The van der Waals surface area contributed by atoms with Gasteiger partial charge in [-0.15, -0.1) is 0 Å². The first-order chi connectivity index (χ1) is 8.40. The summed E-state index contributed by atoms with van der Waals surface area (Å²) in [6, 6.07) is 4.28. The molecule has 0 spiro atoms. The molecule has 0 aliphatic rings. The van der Waals surface area contributed by atoms with Crippen LogP contribution in [0.5, 0.6) is 5.75 Å². The molecule has 18 heavy (non-hydrogen) atoms. The minimum Gasteiger partial charge on any atom is -0.508 e. The van der Waals surface area contributed by atoms with Gasteiger partial charge in [0.2, 0.25) is 5.96 Å². The predicted molar refractivity (Wildman–Crippen MR) is 65.9 cm³/mol. The van der Waals surface area contributed by atoms with Crippen LogP contribution in [-0.4, -0.2) is 28.1 Å². The minimum absolute atomic E-state index is 0.0177. The lowest BCUT2D eigenvalue weighted by Gasteiger charge is -2.08. The third kappa shape index (κ3) is 3.67. The maximum absolute atomic E-state index is 11.1. The highest BCUT2D eigenvalue weighted by molar-refractivity contribution is 5.93. The molecule has 1 rings (SSSR count). The number of aromatic hydroxyl groups is 1. The number of rotatable bonds is 3. The molecule has 1 unspecified atom stereocenters. The summed E-state index contributed by atoms with van der Waals surface area (Å²) in [5.41, 5.74) is 15.9. The van der Waals surface area contributed by atoms with Crippen LogP contribution >= 0.6 is 0 Å². The quantitative estimate of drug-likeness (QED) is 0.345. The molecule has 0 fully saturated rings. The van der Waals surface area contributed by atoms with E-state index in [9.17, 15) is 4.79 Å². The molecule has 0 heterocycles. The molecule has 0 aliphatic carbocycles. The second-order valence-corrected chi connectivity index (χ2v) is 3.36. The standard InChI is InChI=1S/C10H13N5O3/c11-9(12)15-10(13)14-7(8(17)18)5-1-3-6(16)4-2-5/h1-4,7,16H,(H,17,18)(H6,11,12,13,14,15). The van der Waals surface area contributed by atoms with E-state index in [0.717, 1.165) is 0 Å². The van der Waals surface area contributed by atoms with E-state index in [2.05, 4.69) is 9.98 Å². The Hall–Kier alpha value is -2.77. The lowest BCUT2D eigenvalue weighted by atomic mass is 10.1. The molecule has 0 radical (unpaired) electrons. The third-order valence-electron chi connectivity index (χ3n) is 1.95. The Balaban J connectivity index is 3.08. The molecule has 0 saturated carbocycles. The van der Waals surface area contributed by atoms with Gasteiger partial charge in [-0.1, -0.05) is 12.1 Å². The van der Waals surface area contributed by atoms with E-state index in [1.807, 2.05) is 0 Å². The molecule has 0 aliphatic heterocycles. The summed E-state index contributed by atoms with van der Waals surface area (Å²) >= 11 is 0. The number of carbonyl (C=O) groups is 1. The number of aliphatic carboxylic acids is 1. The normalized spacial score (nSPS) is 12.8. The fourth-order valence-corrected chi connectivity index (χ4v) is 1.22. The number of hydrogen-bond donors (Lipinski definition) is 5. The van der Waals surface area contributed by atoms with Gasteiger partial charge >= 0.3 is 5.97 Å². The summed E-state index contributed by atoms with van der Waals surface area (Å²) < 4.78 is 0. The first kappa shape index (κ1) is 13.3. The maximum atomic E-state index is 11.1. The van der Waals surface area contributed by atoms with Gasteiger partial charge in [-0.3, -0.25) is 0 Å². The lowest BCUT2D eigenvalue weighted by molar-refractivity contribution is -0.138. The van der Waals surface area contributed by atoms with E-state index in [1.54, 1.807) is 0 Å². The van der Waals surface area contributed by atoms with Crippen LogP contribution in [0.25, 0.3) is 0 Å². The number of benzene rings is 1. The highest BCUT2D eigenvalue weighted by Gasteiger charge is 2.19. The summed E-state index contributed by atoms with van der Waals surface area (Å²) in [5.74, 6) is -1.85. The van der Waals surface area contributed by atoms with E-state index in [1.165, 1.54) is 24.3 Å². The highest BCUT2D eigenvalue weighted by Crippen LogP contribution is 2.20. The van der Waals surface area contributed by atoms with E-state index in [0.29, 0.717) is 5.56 Å². The Morgan fingerprint density at radius 3 is 2.17 bits per heavy atom. The van der Waals surface area contributed by atoms with Crippen LogP contribution in [0.1, 0.15) is 11.6 Å². The number of nitrogens with two attached hydrogens (primary N) is 3. The highest BCUT2D eigenvalue weighted by atomic mass is 16.4. The molecule has 1 aromatic carbocycles. The third-order valence-corrected chi connectivity index (χ3v) is 1.95. The van der Waals surface area contributed by atoms with Gasteiger partial charge in [0.1, 0.15) is 5.75 Å². The SMILES string of the molecule is NC(N)=NC(N)=NC(C(=O)O)c1ccc(O)cc1. The average molecular weight is 251 g/mol. The van der Waals surface area contributed by atoms with Crippen molar-refractivity contribution in [3.8, 4) is 5.75 Å². The molecule has 1 atom stereocenters. The fraction of sp³-hybridized carbons (Fsp3) is 0.100. The Labute approximate surface area is 102 Å². The molecule has 0 bridgehead atoms. The topological polar surface area (TPSA) is 160 Å². The van der Waals surface area contributed by atoms with Crippen molar-refractivity contribution in [3.05, 3.63) is 29.8 Å². The van der Waals surface area contributed by atoms with Gasteiger partial charge in [-0.25, -0.2) is 9.79 Å². The largest absolute Gasteiger partial charge is 0.508 e. The summed E-state index contributed by atoms with van der Waals surface area (Å²) in [5, 5.41) is 18.2. The van der Waals surface area contributed by atoms with Crippen molar-refractivity contribution >= 4 is 17.9 Å². The molecule has 8 heteroatoms. The molecular weight excluding hydrogens is 238 g/mol. The first-order valence-corrected chi connectivity index (χ1v) is 4.85. The molecule has 1 aromatic rings. The fourth-order valence-electron chi connectivity index (χ4n) is 1.22. The zero-order valence-electron chi connectivity index (χ0n) is 9.32. The Morgan fingerprint density at radius 2 is 1.72 bits per heavy atom. The molecule has 96 valence electrons. The van der Waals surface area contributed by atoms with E-state index < -0.39 is 12.0 Å². The van der Waals surface area contributed by atoms with Crippen LogP contribution in [0.15, 0.2) is 34.3 Å². The Kier molecular flexibility index (Phi) is 4.08. The molecular formula is C10H13N5O3. The average Bonchev–Trinajstić information content (AvgIpc) is 2.26. The second kappa shape index (κ2) is 5.53. The van der Waals surface area contributed by atoms with Crippen molar-refractivity contribution in [1.82, 2.24) is 0 Å². The predicted octanol–water partition coefficient (Wildman–Crippen LogP) is -0.894. The lowest BCUT2D eigenvalue weighted by Crippen LogP contribution is -2.27. The van der Waals surface area contributed by atoms with Crippen molar-refractivity contribution in [3.63, 3.8) is 0 Å². The van der Waals surface area contributed by atoms with Gasteiger partial charge in [0, 0.05) is 0 Å². The maximum Gasteiger partial charge on any atom is 0.333 e. The zero-order valence-corrected chi connectivity index (χ0v) is 9.32. The number of hydrogen-bond acceptors (Lipinski definition) is 3. The van der Waals surface area contributed by atoms with Crippen molar-refractivity contribution in [1.29, 1.82) is 0 Å². The van der Waals surface area contributed by atoms with Crippen molar-refractivity contribution in [2.24, 2.45) is 27.2 Å². The van der Waals surface area contributed by atoms with Crippen molar-refractivity contribution < 1.29 is 15.0 Å². The van der Waals surface area contributed by atoms with E-state index in [4.69, 9.17) is 27.4 Å². The first-order valence-electron chi connectivity index (χ1n) is 4.85. The Morgan fingerprint density at radius 1 is 1.17 bits per heavy atom. The smallest absolute Gasteiger partial charge is 0.333 e. The Bertz CT molecular complexity index is 491. The van der Waals surface area contributed by atoms with Crippen LogP contribution in [0.3, 0.4) is 0 Å². The van der Waals surface area contributed by atoms with Crippen molar-refractivity contribution in [2.45, 2.75) is 6.04 Å². The number of phenols is 1. The summed E-state index contributed by atoms with van der Waals surface area (Å²) in [6.45, 7) is 0. The molecule has 0 amide bonds. The molecule has 0 aromatic heterocycles. The van der Waals surface area contributed by atoms with E-state index in [-0.39, 0.29) is 17.7 Å². The van der Waals surface area contributed by atoms with Crippen LogP contribution in [0, 0.1) is 0 Å².